The van der Waals surface area contributed by atoms with E-state index in [1.807, 2.05) is 0 Å². The van der Waals surface area contributed by atoms with Gasteiger partial charge in [0.25, 0.3) is 0 Å². The minimum absolute atomic E-state index is 0.170. The molecule has 0 bridgehead atoms. The summed E-state index contributed by atoms with van der Waals surface area (Å²) >= 11 is 0.693. The number of halogens is 2. The third-order valence-corrected chi connectivity index (χ3v) is 2.06. The summed E-state index contributed by atoms with van der Waals surface area (Å²) < 4.78 is 25.7. The van der Waals surface area contributed by atoms with Crippen LogP contribution in [0.25, 0.3) is 0 Å². The average Bonchev–Trinajstić information content (AvgIpc) is 2.18. The Labute approximate surface area is 83.5 Å². The number of Topliss-reactive ketones (excluding diaryl/α,β-unsaturated/α-hetero) is 1. The molecular formula is C9H5F2NOS. The van der Waals surface area contributed by atoms with Gasteiger partial charge in [-0.05, 0) is 23.9 Å². The van der Waals surface area contributed by atoms with Crippen LogP contribution in [0, 0.1) is 22.3 Å². The van der Waals surface area contributed by atoms with Gasteiger partial charge < -0.3 is 0 Å². The summed E-state index contributed by atoms with van der Waals surface area (Å²) in [6, 6.07) is 3.38. The third-order valence-electron chi connectivity index (χ3n) is 1.52. The van der Waals surface area contributed by atoms with E-state index in [9.17, 15) is 13.6 Å². The first-order valence-electron chi connectivity index (χ1n) is 3.65. The minimum atomic E-state index is -1.16. The molecule has 0 saturated heterocycles. The topological polar surface area (TPSA) is 40.9 Å². The Morgan fingerprint density at radius 2 is 2.21 bits per heavy atom. The molecule has 14 heavy (non-hydrogen) atoms. The molecule has 0 aliphatic carbocycles. The van der Waals surface area contributed by atoms with Crippen molar-refractivity contribution in [2.24, 2.45) is 0 Å². The molecule has 0 radical (unpaired) electrons. The van der Waals surface area contributed by atoms with Crippen molar-refractivity contribution in [2.45, 2.75) is 0 Å². The highest BCUT2D eigenvalue weighted by Gasteiger charge is 2.14. The Balaban J connectivity index is 2.91. The van der Waals surface area contributed by atoms with Crippen molar-refractivity contribution >= 4 is 17.5 Å². The molecule has 2 nitrogen and oxygen atoms in total. The van der Waals surface area contributed by atoms with Crippen molar-refractivity contribution in [3.8, 4) is 5.40 Å². The van der Waals surface area contributed by atoms with E-state index in [2.05, 4.69) is 0 Å². The number of thioether (sulfide) groups is 1. The second kappa shape index (κ2) is 4.72. The summed E-state index contributed by atoms with van der Waals surface area (Å²) in [7, 11) is 0. The molecule has 1 aromatic rings. The fraction of sp³-hybridized carbons (Fsp3) is 0.111. The number of thiocyanates is 1. The van der Waals surface area contributed by atoms with Gasteiger partial charge in [0.05, 0.1) is 11.3 Å². The molecule has 0 saturated carbocycles. The first kappa shape index (κ1) is 10.7. The second-order valence-electron chi connectivity index (χ2n) is 2.40. The van der Waals surface area contributed by atoms with Gasteiger partial charge in [0.15, 0.2) is 17.4 Å². The van der Waals surface area contributed by atoms with Crippen molar-refractivity contribution in [1.29, 1.82) is 5.26 Å². The van der Waals surface area contributed by atoms with Gasteiger partial charge in [0.1, 0.15) is 5.40 Å². The number of rotatable bonds is 3. The zero-order valence-corrected chi connectivity index (χ0v) is 7.78. The van der Waals surface area contributed by atoms with Crippen molar-refractivity contribution in [1.82, 2.24) is 0 Å². The van der Waals surface area contributed by atoms with Crippen LogP contribution in [0.2, 0.25) is 0 Å². The lowest BCUT2D eigenvalue weighted by atomic mass is 10.1. The molecule has 0 aromatic heterocycles. The van der Waals surface area contributed by atoms with Crippen molar-refractivity contribution in [3.05, 3.63) is 35.4 Å². The molecule has 0 aliphatic rings. The smallest absolute Gasteiger partial charge is 0.176 e. The predicted octanol–water partition coefficient (Wildman–Crippen LogP) is 2.36. The number of hydrogen-bond donors (Lipinski definition) is 0. The molecule has 0 heterocycles. The quantitative estimate of drug-likeness (QED) is 0.571. The highest BCUT2D eigenvalue weighted by atomic mass is 32.2. The lowest BCUT2D eigenvalue weighted by Gasteiger charge is -2.00. The number of carbonyl (C=O) groups excluding carboxylic acids is 1. The lowest BCUT2D eigenvalue weighted by Crippen LogP contribution is -2.06. The largest absolute Gasteiger partial charge is 0.293 e. The van der Waals surface area contributed by atoms with Crippen LogP contribution < -0.4 is 0 Å². The molecule has 1 aromatic carbocycles. The first-order valence-corrected chi connectivity index (χ1v) is 4.63. The maximum Gasteiger partial charge on any atom is 0.176 e. The Morgan fingerprint density at radius 1 is 1.50 bits per heavy atom. The molecule has 5 heteroatoms. The van der Waals surface area contributed by atoms with E-state index in [1.165, 1.54) is 12.1 Å². The van der Waals surface area contributed by atoms with E-state index >= 15 is 0 Å². The van der Waals surface area contributed by atoms with Gasteiger partial charge in [-0.25, -0.2) is 8.78 Å². The lowest BCUT2D eigenvalue weighted by molar-refractivity contribution is 0.101. The van der Waals surface area contributed by atoms with Gasteiger partial charge in [0.2, 0.25) is 0 Å². The van der Waals surface area contributed by atoms with Crippen LogP contribution in [-0.4, -0.2) is 11.5 Å². The number of nitriles is 1. The highest BCUT2D eigenvalue weighted by Crippen LogP contribution is 2.13. The molecule has 1 rings (SSSR count). The summed E-state index contributed by atoms with van der Waals surface area (Å²) in [5.74, 6) is -2.97. The zero-order chi connectivity index (χ0) is 10.6. The normalized spacial score (nSPS) is 9.50. The standard InChI is InChI=1S/C9H5F2NOS/c10-7-3-1-2-6(9(7)11)8(13)4-14-5-12/h1-3H,4H2. The fourth-order valence-corrected chi connectivity index (χ4v) is 1.25. The Hall–Kier alpha value is -1.41. The summed E-state index contributed by atoms with van der Waals surface area (Å²) in [4.78, 5) is 11.2. The molecule has 0 aliphatic heterocycles. The molecule has 0 N–H and O–H groups in total. The maximum atomic E-state index is 13.0. The van der Waals surface area contributed by atoms with Crippen LogP contribution in [0.4, 0.5) is 8.78 Å². The van der Waals surface area contributed by atoms with E-state index in [1.54, 1.807) is 5.40 Å². The van der Waals surface area contributed by atoms with Gasteiger partial charge >= 0.3 is 0 Å². The number of benzene rings is 1. The summed E-state index contributed by atoms with van der Waals surface area (Å²) in [6.07, 6.45) is 0. The summed E-state index contributed by atoms with van der Waals surface area (Å²) in [6.45, 7) is 0. The molecule has 0 fully saturated rings. The predicted molar refractivity (Wildman–Crippen MR) is 48.8 cm³/mol. The monoisotopic (exact) mass is 213 g/mol. The van der Waals surface area contributed by atoms with Crippen LogP contribution in [0.5, 0.6) is 0 Å². The summed E-state index contributed by atoms with van der Waals surface area (Å²) in [5.41, 5.74) is -0.312. The van der Waals surface area contributed by atoms with Crippen molar-refractivity contribution in [2.75, 3.05) is 5.75 Å². The second-order valence-corrected chi connectivity index (χ2v) is 3.16. The summed E-state index contributed by atoms with van der Waals surface area (Å²) in [5, 5.41) is 9.86. The first-order chi connectivity index (χ1) is 6.66. The Morgan fingerprint density at radius 3 is 2.86 bits per heavy atom. The van der Waals surface area contributed by atoms with Crippen molar-refractivity contribution in [3.63, 3.8) is 0 Å². The van der Waals surface area contributed by atoms with Gasteiger partial charge in [-0.1, -0.05) is 6.07 Å². The van der Waals surface area contributed by atoms with Gasteiger partial charge in [0, 0.05) is 0 Å². The van der Waals surface area contributed by atoms with E-state index in [0.29, 0.717) is 11.8 Å². The van der Waals surface area contributed by atoms with Crippen molar-refractivity contribution < 1.29 is 13.6 Å². The molecule has 0 spiro atoms. The van der Waals surface area contributed by atoms with Crippen LogP contribution in [0.1, 0.15) is 10.4 Å². The molecule has 72 valence electrons. The van der Waals surface area contributed by atoms with Gasteiger partial charge in [-0.2, -0.15) is 5.26 Å². The number of carbonyl (C=O) groups is 1. The fourth-order valence-electron chi connectivity index (χ4n) is 0.895. The van der Waals surface area contributed by atoms with E-state index < -0.39 is 17.4 Å². The highest BCUT2D eigenvalue weighted by molar-refractivity contribution is 8.04. The zero-order valence-electron chi connectivity index (χ0n) is 6.96. The molecule has 0 amide bonds. The molecule has 0 unspecified atom stereocenters. The van der Waals surface area contributed by atoms with E-state index in [4.69, 9.17) is 5.26 Å². The Bertz CT molecular complexity index is 400. The van der Waals surface area contributed by atoms with Crippen LogP contribution in [-0.2, 0) is 0 Å². The average molecular weight is 213 g/mol. The van der Waals surface area contributed by atoms with E-state index in [0.717, 1.165) is 6.07 Å². The number of hydrogen-bond acceptors (Lipinski definition) is 3. The van der Waals surface area contributed by atoms with Crippen LogP contribution in [0.15, 0.2) is 18.2 Å². The minimum Gasteiger partial charge on any atom is -0.293 e. The van der Waals surface area contributed by atoms with Gasteiger partial charge in [-0.15, -0.1) is 0 Å². The van der Waals surface area contributed by atoms with Crippen LogP contribution >= 0.6 is 11.8 Å². The number of ketones is 1. The Kier molecular flexibility index (Phi) is 3.60. The van der Waals surface area contributed by atoms with Gasteiger partial charge in [-0.3, -0.25) is 4.79 Å². The molecule has 0 atom stereocenters. The molecular weight excluding hydrogens is 208 g/mol. The number of nitrogens with zero attached hydrogens (tertiary/aromatic N) is 1. The SMILES string of the molecule is N#CSCC(=O)c1cccc(F)c1F. The van der Waals surface area contributed by atoms with Crippen LogP contribution in [0.3, 0.4) is 0 Å². The third kappa shape index (κ3) is 2.30. The van der Waals surface area contributed by atoms with E-state index in [-0.39, 0.29) is 11.3 Å². The maximum absolute atomic E-state index is 13.0.